The highest BCUT2D eigenvalue weighted by Crippen LogP contribution is 2.29. The molecule has 1 aliphatic rings. The summed E-state index contributed by atoms with van der Waals surface area (Å²) in [6.45, 7) is 4.85. The molecular formula is C17H23Cl2N7O2. The zero-order chi connectivity index (χ0) is 20.1. The van der Waals surface area contributed by atoms with Gasteiger partial charge in [-0.25, -0.2) is 4.79 Å². The minimum Gasteiger partial charge on any atom is -0.374 e. The highest BCUT2D eigenvalue weighted by molar-refractivity contribution is 6.42. The largest absolute Gasteiger partial charge is 0.374 e. The Hall–Kier alpha value is -1.94. The average molecular weight is 428 g/mol. The number of nitrogens with one attached hydrogen (secondary N) is 2. The first-order valence-electron chi connectivity index (χ1n) is 8.97. The summed E-state index contributed by atoms with van der Waals surface area (Å²) in [7, 11) is 1.67. The van der Waals surface area contributed by atoms with Crippen molar-refractivity contribution in [3.05, 3.63) is 39.6 Å². The Balaban J connectivity index is 1.46. The van der Waals surface area contributed by atoms with E-state index >= 15 is 0 Å². The van der Waals surface area contributed by atoms with E-state index in [0.717, 1.165) is 12.1 Å². The topological polar surface area (TPSA) is 97.2 Å². The first kappa shape index (κ1) is 20.8. The van der Waals surface area contributed by atoms with Crippen LogP contribution in [0.4, 0.5) is 4.79 Å². The molecule has 11 heteroatoms. The number of aryl methyl sites for hydroxylation is 1. The van der Waals surface area contributed by atoms with Gasteiger partial charge in [-0.2, -0.15) is 4.80 Å². The molecule has 0 spiro atoms. The first-order chi connectivity index (χ1) is 13.4. The monoisotopic (exact) mass is 427 g/mol. The molecule has 1 unspecified atom stereocenters. The van der Waals surface area contributed by atoms with Gasteiger partial charge in [0.15, 0.2) is 5.82 Å². The molecule has 0 saturated carbocycles. The van der Waals surface area contributed by atoms with Gasteiger partial charge >= 0.3 is 6.03 Å². The fourth-order valence-electron chi connectivity index (χ4n) is 3.02. The standard InChI is InChI=1S/C17H23Cl2N7O2/c1-11(12-3-4-14(18)15(19)7-12)26-5-6-28-13(10-26)8-20-17(27)21-9-16-22-24-25(2)23-16/h3-4,7,11,13H,5-6,8-10H2,1-2H3,(H2,20,21,27)/t11?,13-/m0/s1. The Kier molecular flexibility index (Phi) is 7.06. The lowest BCUT2D eigenvalue weighted by Crippen LogP contribution is -2.49. The Labute approximate surface area is 173 Å². The number of tetrazole rings is 1. The van der Waals surface area contributed by atoms with Gasteiger partial charge in [0.2, 0.25) is 0 Å². The SMILES string of the molecule is CC(c1ccc(Cl)c(Cl)c1)N1CCO[C@@H](CNC(=O)NCc2nnn(C)n2)C1. The van der Waals surface area contributed by atoms with Crippen molar-refractivity contribution < 1.29 is 9.53 Å². The van der Waals surface area contributed by atoms with Gasteiger partial charge in [0.05, 0.1) is 36.3 Å². The number of aromatic nitrogens is 4. The molecule has 9 nitrogen and oxygen atoms in total. The number of hydrogen-bond donors (Lipinski definition) is 2. The summed E-state index contributed by atoms with van der Waals surface area (Å²) in [5.41, 5.74) is 1.09. The Bertz CT molecular complexity index is 817. The fourth-order valence-corrected chi connectivity index (χ4v) is 3.33. The predicted octanol–water partition coefficient (Wildman–Crippen LogP) is 1.78. The van der Waals surface area contributed by atoms with Crippen LogP contribution in [0.15, 0.2) is 18.2 Å². The van der Waals surface area contributed by atoms with Crippen molar-refractivity contribution in [2.24, 2.45) is 7.05 Å². The zero-order valence-electron chi connectivity index (χ0n) is 15.7. The normalized spacial score (nSPS) is 18.6. The van der Waals surface area contributed by atoms with E-state index in [0.29, 0.717) is 35.6 Å². The van der Waals surface area contributed by atoms with Crippen LogP contribution >= 0.6 is 23.2 Å². The van der Waals surface area contributed by atoms with Gasteiger partial charge in [-0.3, -0.25) is 4.90 Å². The number of benzene rings is 1. The van der Waals surface area contributed by atoms with E-state index in [-0.39, 0.29) is 24.7 Å². The van der Waals surface area contributed by atoms with Crippen LogP contribution in [0.1, 0.15) is 24.4 Å². The molecule has 2 atom stereocenters. The second-order valence-corrected chi connectivity index (χ2v) is 7.41. The number of amides is 2. The molecule has 1 saturated heterocycles. The first-order valence-corrected chi connectivity index (χ1v) is 9.73. The van der Waals surface area contributed by atoms with Crippen LogP contribution in [0, 0.1) is 0 Å². The summed E-state index contributed by atoms with van der Waals surface area (Å²) >= 11 is 12.1. The molecule has 0 radical (unpaired) electrons. The molecule has 1 aliphatic heterocycles. The number of nitrogens with zero attached hydrogens (tertiary/aromatic N) is 5. The molecule has 0 aliphatic carbocycles. The molecule has 2 aromatic rings. The van der Waals surface area contributed by atoms with E-state index < -0.39 is 0 Å². The van der Waals surface area contributed by atoms with Gasteiger partial charge in [-0.05, 0) is 29.8 Å². The summed E-state index contributed by atoms with van der Waals surface area (Å²) in [6, 6.07) is 5.55. The van der Waals surface area contributed by atoms with E-state index in [2.05, 4.69) is 37.9 Å². The number of rotatable bonds is 6. The van der Waals surface area contributed by atoms with Crippen molar-refractivity contribution in [2.75, 3.05) is 26.2 Å². The molecule has 1 aromatic heterocycles. The van der Waals surface area contributed by atoms with Crippen molar-refractivity contribution in [2.45, 2.75) is 25.6 Å². The Morgan fingerprint density at radius 3 is 2.89 bits per heavy atom. The molecule has 0 bridgehead atoms. The van der Waals surface area contributed by atoms with Crippen molar-refractivity contribution in [1.29, 1.82) is 0 Å². The molecule has 2 heterocycles. The average Bonchev–Trinajstić information content (AvgIpc) is 3.12. The summed E-state index contributed by atoms with van der Waals surface area (Å²) in [6.07, 6.45) is -0.0978. The molecule has 2 N–H and O–H groups in total. The number of halogens is 2. The van der Waals surface area contributed by atoms with E-state index in [4.69, 9.17) is 27.9 Å². The number of hydrogen-bond acceptors (Lipinski definition) is 6. The van der Waals surface area contributed by atoms with Gasteiger partial charge in [-0.1, -0.05) is 29.3 Å². The highest BCUT2D eigenvalue weighted by Gasteiger charge is 2.25. The minimum atomic E-state index is -0.300. The second-order valence-electron chi connectivity index (χ2n) is 6.60. The van der Waals surface area contributed by atoms with Crippen LogP contribution in [0.3, 0.4) is 0 Å². The third kappa shape index (κ3) is 5.54. The molecule has 152 valence electrons. The fraction of sp³-hybridized carbons (Fsp3) is 0.529. The Morgan fingerprint density at radius 1 is 1.36 bits per heavy atom. The number of urea groups is 1. The number of morpholine rings is 1. The van der Waals surface area contributed by atoms with E-state index in [1.54, 1.807) is 7.05 Å². The quantitative estimate of drug-likeness (QED) is 0.728. The predicted molar refractivity (Wildman–Crippen MR) is 105 cm³/mol. The molecular weight excluding hydrogens is 405 g/mol. The van der Waals surface area contributed by atoms with E-state index in [1.807, 2.05) is 18.2 Å². The molecule has 1 aromatic carbocycles. The van der Waals surface area contributed by atoms with Gasteiger partial charge in [0, 0.05) is 25.7 Å². The third-order valence-electron chi connectivity index (χ3n) is 4.59. The molecule has 1 fully saturated rings. The zero-order valence-corrected chi connectivity index (χ0v) is 17.2. The summed E-state index contributed by atoms with van der Waals surface area (Å²) in [4.78, 5) is 15.6. The van der Waals surface area contributed by atoms with Crippen LogP contribution < -0.4 is 10.6 Å². The number of carbonyl (C=O) groups excluding carboxylic acids is 1. The Morgan fingerprint density at radius 2 is 2.18 bits per heavy atom. The summed E-state index contributed by atoms with van der Waals surface area (Å²) in [5, 5.41) is 18.2. The van der Waals surface area contributed by atoms with Crippen LogP contribution in [0.25, 0.3) is 0 Å². The smallest absolute Gasteiger partial charge is 0.315 e. The molecule has 3 rings (SSSR count). The van der Waals surface area contributed by atoms with Crippen LogP contribution in [0.5, 0.6) is 0 Å². The number of ether oxygens (including phenoxy) is 1. The van der Waals surface area contributed by atoms with Crippen molar-refractivity contribution in [3.63, 3.8) is 0 Å². The maximum Gasteiger partial charge on any atom is 0.315 e. The lowest BCUT2D eigenvalue weighted by molar-refractivity contribution is -0.0388. The van der Waals surface area contributed by atoms with Crippen molar-refractivity contribution in [3.8, 4) is 0 Å². The van der Waals surface area contributed by atoms with Crippen LogP contribution in [-0.2, 0) is 18.3 Å². The van der Waals surface area contributed by atoms with E-state index in [1.165, 1.54) is 4.80 Å². The van der Waals surface area contributed by atoms with E-state index in [9.17, 15) is 4.79 Å². The van der Waals surface area contributed by atoms with Gasteiger partial charge < -0.3 is 15.4 Å². The van der Waals surface area contributed by atoms with Crippen molar-refractivity contribution >= 4 is 29.2 Å². The molecule has 2 amide bonds. The number of carbonyl (C=O) groups is 1. The summed E-state index contributed by atoms with van der Waals surface area (Å²) in [5.74, 6) is 0.452. The third-order valence-corrected chi connectivity index (χ3v) is 5.33. The second kappa shape index (κ2) is 9.51. The maximum absolute atomic E-state index is 12.0. The summed E-state index contributed by atoms with van der Waals surface area (Å²) < 4.78 is 5.78. The van der Waals surface area contributed by atoms with Crippen LogP contribution in [0.2, 0.25) is 10.0 Å². The van der Waals surface area contributed by atoms with Gasteiger partial charge in [-0.15, -0.1) is 10.2 Å². The van der Waals surface area contributed by atoms with Gasteiger partial charge in [0.1, 0.15) is 0 Å². The minimum absolute atomic E-state index is 0.0978. The van der Waals surface area contributed by atoms with Crippen molar-refractivity contribution in [1.82, 2.24) is 35.7 Å². The highest BCUT2D eigenvalue weighted by atomic mass is 35.5. The molecule has 28 heavy (non-hydrogen) atoms. The lowest BCUT2D eigenvalue weighted by Gasteiger charge is -2.37. The van der Waals surface area contributed by atoms with Gasteiger partial charge in [0.25, 0.3) is 0 Å². The van der Waals surface area contributed by atoms with Crippen LogP contribution in [-0.4, -0.2) is 63.5 Å². The lowest BCUT2D eigenvalue weighted by atomic mass is 10.1. The maximum atomic E-state index is 12.0.